The van der Waals surface area contributed by atoms with Gasteiger partial charge in [0, 0.05) is 0 Å². The van der Waals surface area contributed by atoms with E-state index in [4.69, 9.17) is 9.47 Å². The molecule has 0 aliphatic carbocycles. The van der Waals surface area contributed by atoms with Crippen LogP contribution in [-0.2, 0) is 23.9 Å². The van der Waals surface area contributed by atoms with Gasteiger partial charge in [0.05, 0.1) is 11.8 Å². The van der Waals surface area contributed by atoms with Crippen molar-refractivity contribution < 1.29 is 23.9 Å². The highest BCUT2D eigenvalue weighted by Gasteiger charge is 2.30. The molecule has 7 heteroatoms. The van der Waals surface area contributed by atoms with Crippen LogP contribution in [0.1, 0.15) is 48.0 Å². The summed E-state index contributed by atoms with van der Waals surface area (Å²) in [4.78, 5) is 35.3. The van der Waals surface area contributed by atoms with E-state index in [1.165, 1.54) is 0 Å². The van der Waals surface area contributed by atoms with E-state index in [1.807, 2.05) is 0 Å². The van der Waals surface area contributed by atoms with Gasteiger partial charge >= 0.3 is 11.9 Å². The van der Waals surface area contributed by atoms with Crippen molar-refractivity contribution in [3.63, 3.8) is 0 Å². The van der Waals surface area contributed by atoms with E-state index in [-0.39, 0.29) is 11.8 Å². The number of hydrogen-bond donors (Lipinski definition) is 1. The lowest BCUT2D eigenvalue weighted by Crippen LogP contribution is -2.46. The average molecular weight is 366 g/mol. The molecule has 1 atom stereocenters. The van der Waals surface area contributed by atoms with Crippen LogP contribution in [0.3, 0.4) is 0 Å². The SMILES string of the molecule is CC(C)(C)OC(=O)C[C@H](NC(=O)CBr)C(=O)OC(C)(C)C. The Labute approximate surface area is 134 Å². The van der Waals surface area contributed by atoms with Gasteiger partial charge in [-0.3, -0.25) is 9.59 Å². The molecule has 0 saturated carbocycles. The minimum atomic E-state index is -1.07. The number of ether oxygens (including phenoxy) is 2. The predicted octanol–water partition coefficient (Wildman–Crippen LogP) is 1.94. The van der Waals surface area contributed by atoms with E-state index in [0.717, 1.165) is 0 Å². The molecule has 0 aliphatic heterocycles. The zero-order chi connectivity index (χ0) is 16.8. The summed E-state index contributed by atoms with van der Waals surface area (Å²) in [7, 11) is 0. The molecule has 21 heavy (non-hydrogen) atoms. The van der Waals surface area contributed by atoms with Crippen molar-refractivity contribution in [2.24, 2.45) is 0 Å². The van der Waals surface area contributed by atoms with Gasteiger partial charge in [-0.05, 0) is 41.5 Å². The number of alkyl halides is 1. The smallest absolute Gasteiger partial charge is 0.329 e. The van der Waals surface area contributed by atoms with Crippen LogP contribution < -0.4 is 5.32 Å². The first kappa shape index (κ1) is 19.9. The van der Waals surface area contributed by atoms with E-state index in [1.54, 1.807) is 41.5 Å². The van der Waals surface area contributed by atoms with Crippen LogP contribution in [0.25, 0.3) is 0 Å². The summed E-state index contributed by atoms with van der Waals surface area (Å²) in [6.45, 7) is 10.3. The van der Waals surface area contributed by atoms with Gasteiger partial charge in [0.25, 0.3) is 0 Å². The van der Waals surface area contributed by atoms with Crippen LogP contribution in [0.15, 0.2) is 0 Å². The Morgan fingerprint density at radius 2 is 1.48 bits per heavy atom. The minimum Gasteiger partial charge on any atom is -0.460 e. The van der Waals surface area contributed by atoms with Gasteiger partial charge in [-0.15, -0.1) is 0 Å². The molecule has 0 radical (unpaired) electrons. The molecule has 122 valence electrons. The van der Waals surface area contributed by atoms with E-state index in [2.05, 4.69) is 21.2 Å². The highest BCUT2D eigenvalue weighted by Crippen LogP contribution is 2.13. The molecule has 0 spiro atoms. The molecule has 0 bridgehead atoms. The normalized spacial score (nSPS) is 13.3. The number of nitrogens with one attached hydrogen (secondary N) is 1. The van der Waals surface area contributed by atoms with Gasteiger partial charge < -0.3 is 14.8 Å². The second-order valence-electron chi connectivity index (χ2n) is 6.58. The molecule has 0 unspecified atom stereocenters. The van der Waals surface area contributed by atoms with Crippen molar-refractivity contribution in [1.82, 2.24) is 5.32 Å². The van der Waals surface area contributed by atoms with Gasteiger partial charge in [0.15, 0.2) is 0 Å². The topological polar surface area (TPSA) is 81.7 Å². The highest BCUT2D eigenvalue weighted by atomic mass is 79.9. The Bertz CT molecular complexity index is 395. The summed E-state index contributed by atoms with van der Waals surface area (Å²) in [6.07, 6.45) is -0.273. The maximum atomic E-state index is 12.1. The predicted molar refractivity (Wildman–Crippen MR) is 82.0 cm³/mol. The van der Waals surface area contributed by atoms with Crippen molar-refractivity contribution in [2.45, 2.75) is 65.2 Å². The van der Waals surface area contributed by atoms with Crippen molar-refractivity contribution in [3.05, 3.63) is 0 Å². The van der Waals surface area contributed by atoms with Crippen molar-refractivity contribution in [2.75, 3.05) is 5.33 Å². The van der Waals surface area contributed by atoms with E-state index >= 15 is 0 Å². The fraction of sp³-hybridized carbons (Fsp3) is 0.786. The van der Waals surface area contributed by atoms with Crippen molar-refractivity contribution in [3.8, 4) is 0 Å². The number of carbonyl (C=O) groups excluding carboxylic acids is 3. The van der Waals surface area contributed by atoms with Crippen LogP contribution in [-0.4, -0.2) is 40.4 Å². The first-order valence-corrected chi connectivity index (χ1v) is 7.76. The number of halogens is 1. The molecule has 0 fully saturated rings. The second-order valence-corrected chi connectivity index (χ2v) is 7.14. The molecule has 6 nitrogen and oxygen atoms in total. The standard InChI is InChI=1S/C14H24BrNO5/c1-13(2,3)20-11(18)7-9(16-10(17)8-15)12(19)21-14(4,5)6/h9H,7-8H2,1-6H3,(H,16,17)/t9-/m0/s1. The quantitative estimate of drug-likeness (QED) is 0.594. The minimum absolute atomic E-state index is 0.0284. The van der Waals surface area contributed by atoms with Gasteiger partial charge in [-0.1, -0.05) is 15.9 Å². The van der Waals surface area contributed by atoms with Gasteiger partial charge in [0.2, 0.25) is 5.91 Å². The Kier molecular flexibility index (Phi) is 7.36. The van der Waals surface area contributed by atoms with Gasteiger partial charge in [0.1, 0.15) is 17.2 Å². The third-order valence-electron chi connectivity index (χ3n) is 1.94. The average Bonchev–Trinajstić information content (AvgIpc) is 2.22. The molecular weight excluding hydrogens is 342 g/mol. The van der Waals surface area contributed by atoms with Crippen LogP contribution in [0.5, 0.6) is 0 Å². The fourth-order valence-electron chi connectivity index (χ4n) is 1.35. The van der Waals surface area contributed by atoms with Crippen molar-refractivity contribution >= 4 is 33.8 Å². The van der Waals surface area contributed by atoms with Crippen molar-refractivity contribution in [1.29, 1.82) is 0 Å². The first-order chi connectivity index (χ1) is 9.34. The molecule has 0 saturated heterocycles. The molecular formula is C14H24BrNO5. The molecule has 0 heterocycles. The zero-order valence-corrected chi connectivity index (χ0v) is 15.0. The summed E-state index contributed by atoms with van der Waals surface area (Å²) < 4.78 is 10.4. The number of carbonyl (C=O) groups is 3. The molecule has 1 amide bonds. The lowest BCUT2D eigenvalue weighted by molar-refractivity contribution is -0.165. The molecule has 0 aromatic carbocycles. The molecule has 0 aromatic heterocycles. The highest BCUT2D eigenvalue weighted by molar-refractivity contribution is 9.09. The Hall–Kier alpha value is -1.11. The molecule has 1 N–H and O–H groups in total. The number of hydrogen-bond acceptors (Lipinski definition) is 5. The second kappa shape index (κ2) is 7.77. The van der Waals surface area contributed by atoms with Crippen LogP contribution in [0.2, 0.25) is 0 Å². The monoisotopic (exact) mass is 365 g/mol. The van der Waals surface area contributed by atoms with Gasteiger partial charge in [-0.2, -0.15) is 0 Å². The first-order valence-electron chi connectivity index (χ1n) is 6.64. The maximum absolute atomic E-state index is 12.1. The van der Waals surface area contributed by atoms with E-state index in [9.17, 15) is 14.4 Å². The summed E-state index contributed by atoms with van der Waals surface area (Å²) in [5.74, 6) is -1.65. The lowest BCUT2D eigenvalue weighted by Gasteiger charge is -2.25. The Morgan fingerprint density at radius 1 is 1.00 bits per heavy atom. The molecule has 0 aliphatic rings. The fourth-order valence-corrected chi connectivity index (χ4v) is 1.51. The third-order valence-corrected chi connectivity index (χ3v) is 2.45. The van der Waals surface area contributed by atoms with E-state index in [0.29, 0.717) is 0 Å². The van der Waals surface area contributed by atoms with Gasteiger partial charge in [-0.25, -0.2) is 4.79 Å². The zero-order valence-electron chi connectivity index (χ0n) is 13.4. The summed E-state index contributed by atoms with van der Waals surface area (Å²) >= 11 is 2.99. The number of esters is 2. The van der Waals surface area contributed by atoms with E-state index < -0.39 is 35.1 Å². The number of rotatable bonds is 5. The number of amides is 1. The summed E-state index contributed by atoms with van der Waals surface area (Å²) in [5, 5.41) is 2.47. The Morgan fingerprint density at radius 3 is 1.86 bits per heavy atom. The van der Waals surface area contributed by atoms with Crippen LogP contribution in [0, 0.1) is 0 Å². The summed E-state index contributed by atoms with van der Waals surface area (Å²) in [5.41, 5.74) is -1.36. The maximum Gasteiger partial charge on any atom is 0.329 e. The molecule has 0 aromatic rings. The van der Waals surface area contributed by atoms with Crippen LogP contribution >= 0.6 is 15.9 Å². The molecule has 0 rings (SSSR count). The summed E-state index contributed by atoms with van der Waals surface area (Å²) in [6, 6.07) is -1.07. The third kappa shape index (κ3) is 10.3. The largest absolute Gasteiger partial charge is 0.460 e. The Balaban J connectivity index is 4.86. The lowest BCUT2D eigenvalue weighted by atomic mass is 10.1. The van der Waals surface area contributed by atoms with Crippen LogP contribution in [0.4, 0.5) is 0 Å².